The molecule has 172 valence electrons. The number of halogens is 1. The highest BCUT2D eigenvalue weighted by Gasteiger charge is 2.08. The summed E-state index contributed by atoms with van der Waals surface area (Å²) in [6.07, 6.45) is 12.7. The maximum absolute atomic E-state index is 11.5. The summed E-state index contributed by atoms with van der Waals surface area (Å²) in [5.41, 5.74) is 1.18. The Morgan fingerprint density at radius 2 is 1.70 bits per heavy atom. The molecule has 0 radical (unpaired) electrons. The SMILES string of the molecule is CCCCCCCCCCCCN(CCNC(=O)OCCO)Cc1cccc(Cl)c1. The second-order valence-electron chi connectivity index (χ2n) is 7.87. The number of rotatable bonds is 18. The molecule has 0 unspecified atom stereocenters. The highest BCUT2D eigenvalue weighted by atomic mass is 35.5. The lowest BCUT2D eigenvalue weighted by Gasteiger charge is -2.22. The van der Waals surface area contributed by atoms with Crippen LogP contribution in [0.25, 0.3) is 0 Å². The standard InChI is InChI=1S/C24H41ClN2O3/c1-2-3-4-5-6-7-8-9-10-11-16-27(17-15-26-24(29)30-19-18-28)21-22-13-12-14-23(25)20-22/h12-14,20,28H,2-11,15-19,21H2,1H3,(H,26,29). The number of unbranched alkanes of at least 4 members (excludes halogenated alkanes) is 9. The van der Waals surface area contributed by atoms with E-state index in [9.17, 15) is 4.79 Å². The first-order chi connectivity index (χ1) is 14.7. The van der Waals surface area contributed by atoms with Crippen LogP contribution < -0.4 is 5.32 Å². The van der Waals surface area contributed by atoms with Gasteiger partial charge in [-0.3, -0.25) is 4.90 Å². The lowest BCUT2D eigenvalue weighted by Crippen LogP contribution is -2.35. The van der Waals surface area contributed by atoms with Crippen molar-refractivity contribution in [1.29, 1.82) is 0 Å². The number of nitrogens with zero attached hydrogens (tertiary/aromatic N) is 1. The van der Waals surface area contributed by atoms with Crippen LogP contribution in [0.5, 0.6) is 0 Å². The number of ether oxygens (including phenoxy) is 1. The topological polar surface area (TPSA) is 61.8 Å². The Kier molecular flexibility index (Phi) is 16.5. The Balaban J connectivity index is 2.28. The number of hydrogen-bond acceptors (Lipinski definition) is 4. The number of aliphatic hydroxyl groups excluding tert-OH is 1. The van der Waals surface area contributed by atoms with Crippen LogP contribution in [0.15, 0.2) is 24.3 Å². The Hall–Kier alpha value is -1.30. The van der Waals surface area contributed by atoms with Gasteiger partial charge in [0.15, 0.2) is 0 Å². The van der Waals surface area contributed by atoms with Crippen molar-refractivity contribution in [2.75, 3.05) is 32.8 Å². The highest BCUT2D eigenvalue weighted by molar-refractivity contribution is 6.30. The van der Waals surface area contributed by atoms with E-state index in [1.165, 1.54) is 63.4 Å². The molecule has 0 aliphatic rings. The average Bonchev–Trinajstić information content (AvgIpc) is 2.73. The number of benzene rings is 1. The first kappa shape index (κ1) is 26.7. The summed E-state index contributed by atoms with van der Waals surface area (Å²) < 4.78 is 4.84. The maximum atomic E-state index is 11.5. The van der Waals surface area contributed by atoms with E-state index in [0.717, 1.165) is 31.1 Å². The Morgan fingerprint density at radius 3 is 2.33 bits per heavy atom. The summed E-state index contributed by atoms with van der Waals surface area (Å²) in [5.74, 6) is 0. The fourth-order valence-electron chi connectivity index (χ4n) is 3.49. The van der Waals surface area contributed by atoms with Crippen molar-refractivity contribution in [3.63, 3.8) is 0 Å². The number of nitrogens with one attached hydrogen (secondary N) is 1. The predicted octanol–water partition coefficient (Wildman–Crippen LogP) is 5.78. The predicted molar refractivity (Wildman–Crippen MR) is 125 cm³/mol. The molecular formula is C24H41ClN2O3. The van der Waals surface area contributed by atoms with Gasteiger partial charge in [-0.05, 0) is 30.7 Å². The Bertz CT molecular complexity index is 557. The smallest absolute Gasteiger partial charge is 0.407 e. The van der Waals surface area contributed by atoms with Crippen molar-refractivity contribution >= 4 is 17.7 Å². The van der Waals surface area contributed by atoms with Crippen molar-refractivity contribution in [3.8, 4) is 0 Å². The molecule has 0 heterocycles. The summed E-state index contributed by atoms with van der Waals surface area (Å²) in [4.78, 5) is 13.9. The summed E-state index contributed by atoms with van der Waals surface area (Å²) in [6.45, 7) is 5.20. The third-order valence-electron chi connectivity index (χ3n) is 5.14. The molecule has 0 atom stereocenters. The van der Waals surface area contributed by atoms with E-state index in [4.69, 9.17) is 21.4 Å². The molecule has 0 fully saturated rings. The number of carbonyl (C=O) groups excluding carboxylic acids is 1. The van der Waals surface area contributed by atoms with E-state index in [1.807, 2.05) is 18.2 Å². The molecule has 1 aromatic rings. The molecule has 0 aliphatic carbocycles. The summed E-state index contributed by atoms with van der Waals surface area (Å²) in [6, 6.07) is 7.94. The molecule has 1 aromatic carbocycles. The van der Waals surface area contributed by atoms with Crippen LogP contribution in [0, 0.1) is 0 Å². The number of hydrogen-bond donors (Lipinski definition) is 2. The van der Waals surface area contributed by atoms with Crippen LogP contribution in [0.3, 0.4) is 0 Å². The highest BCUT2D eigenvalue weighted by Crippen LogP contribution is 2.14. The molecule has 2 N–H and O–H groups in total. The summed E-state index contributed by atoms with van der Waals surface area (Å²) >= 11 is 6.13. The van der Waals surface area contributed by atoms with Crippen LogP contribution in [0.1, 0.15) is 76.7 Å². The number of amides is 1. The third-order valence-corrected chi connectivity index (χ3v) is 5.38. The minimum Gasteiger partial charge on any atom is -0.447 e. The van der Waals surface area contributed by atoms with Gasteiger partial charge in [0.05, 0.1) is 6.61 Å². The molecule has 5 nitrogen and oxygen atoms in total. The zero-order valence-corrected chi connectivity index (χ0v) is 19.5. The molecular weight excluding hydrogens is 400 g/mol. The van der Waals surface area contributed by atoms with Gasteiger partial charge in [-0.1, -0.05) is 88.4 Å². The van der Waals surface area contributed by atoms with Gasteiger partial charge in [0.25, 0.3) is 0 Å². The molecule has 30 heavy (non-hydrogen) atoms. The van der Waals surface area contributed by atoms with Crippen LogP contribution in [0.4, 0.5) is 4.79 Å². The molecule has 0 aliphatic heterocycles. The van der Waals surface area contributed by atoms with Gasteiger partial charge in [-0.25, -0.2) is 4.79 Å². The molecule has 1 rings (SSSR count). The van der Waals surface area contributed by atoms with Crippen molar-refractivity contribution in [2.24, 2.45) is 0 Å². The van der Waals surface area contributed by atoms with Gasteiger partial charge in [0.2, 0.25) is 0 Å². The maximum Gasteiger partial charge on any atom is 0.407 e. The summed E-state index contributed by atoms with van der Waals surface area (Å²) in [7, 11) is 0. The third kappa shape index (κ3) is 14.6. The number of carbonyl (C=O) groups is 1. The van der Waals surface area contributed by atoms with Crippen LogP contribution in [-0.4, -0.2) is 48.9 Å². The van der Waals surface area contributed by atoms with Gasteiger partial charge >= 0.3 is 6.09 Å². The zero-order chi connectivity index (χ0) is 21.9. The van der Waals surface area contributed by atoms with Gasteiger partial charge < -0.3 is 15.2 Å². The van der Waals surface area contributed by atoms with E-state index >= 15 is 0 Å². The first-order valence-electron chi connectivity index (χ1n) is 11.6. The van der Waals surface area contributed by atoms with E-state index in [-0.39, 0.29) is 13.2 Å². The van der Waals surface area contributed by atoms with Gasteiger partial charge in [0, 0.05) is 24.7 Å². The van der Waals surface area contributed by atoms with E-state index in [1.54, 1.807) is 0 Å². The van der Waals surface area contributed by atoms with E-state index < -0.39 is 6.09 Å². The van der Waals surface area contributed by atoms with Gasteiger partial charge in [0.1, 0.15) is 6.61 Å². The molecule has 0 saturated carbocycles. The quantitative estimate of drug-likeness (QED) is 0.284. The second kappa shape index (κ2) is 18.5. The van der Waals surface area contributed by atoms with Crippen molar-refractivity contribution < 1.29 is 14.6 Å². The zero-order valence-electron chi connectivity index (χ0n) is 18.7. The summed E-state index contributed by atoms with van der Waals surface area (Å²) in [5, 5.41) is 12.2. The lowest BCUT2D eigenvalue weighted by atomic mass is 10.1. The van der Waals surface area contributed by atoms with Crippen molar-refractivity contribution in [2.45, 2.75) is 77.7 Å². The van der Waals surface area contributed by atoms with Crippen LogP contribution in [0.2, 0.25) is 5.02 Å². The molecule has 6 heteroatoms. The largest absolute Gasteiger partial charge is 0.447 e. The minimum atomic E-state index is -0.481. The minimum absolute atomic E-state index is 0.0245. The van der Waals surface area contributed by atoms with Crippen molar-refractivity contribution in [1.82, 2.24) is 10.2 Å². The van der Waals surface area contributed by atoms with Crippen LogP contribution >= 0.6 is 11.6 Å². The van der Waals surface area contributed by atoms with Gasteiger partial charge in [-0.2, -0.15) is 0 Å². The van der Waals surface area contributed by atoms with Gasteiger partial charge in [-0.15, -0.1) is 0 Å². The second-order valence-corrected chi connectivity index (χ2v) is 8.31. The first-order valence-corrected chi connectivity index (χ1v) is 12.0. The molecule has 0 aromatic heterocycles. The number of alkyl carbamates (subject to hydrolysis) is 1. The lowest BCUT2D eigenvalue weighted by molar-refractivity contribution is 0.118. The molecule has 0 bridgehead atoms. The Morgan fingerprint density at radius 1 is 1.03 bits per heavy atom. The molecule has 0 spiro atoms. The normalized spacial score (nSPS) is 11.1. The molecule has 1 amide bonds. The average molecular weight is 441 g/mol. The van der Waals surface area contributed by atoms with E-state index in [2.05, 4.69) is 23.2 Å². The fraction of sp³-hybridized carbons (Fsp3) is 0.708. The van der Waals surface area contributed by atoms with Crippen LogP contribution in [-0.2, 0) is 11.3 Å². The Labute approximate surface area is 188 Å². The van der Waals surface area contributed by atoms with E-state index in [0.29, 0.717) is 6.54 Å². The monoisotopic (exact) mass is 440 g/mol. The van der Waals surface area contributed by atoms with Crippen molar-refractivity contribution in [3.05, 3.63) is 34.9 Å². The number of aliphatic hydroxyl groups is 1. The fourth-order valence-corrected chi connectivity index (χ4v) is 3.70. The molecule has 0 saturated heterocycles.